The van der Waals surface area contributed by atoms with E-state index in [-0.39, 0.29) is 11.9 Å². The number of imidazole rings is 1. The lowest BCUT2D eigenvalue weighted by Crippen LogP contribution is -2.20. The van der Waals surface area contributed by atoms with E-state index in [2.05, 4.69) is 32.4 Å². The van der Waals surface area contributed by atoms with Crippen LogP contribution in [-0.4, -0.2) is 58.4 Å². The number of hydrogen-bond donors (Lipinski definition) is 3. The van der Waals surface area contributed by atoms with E-state index in [4.69, 9.17) is 14.6 Å². The zero-order valence-electron chi connectivity index (χ0n) is 16.5. The number of nitrogens with one attached hydrogen (secondary N) is 2. The van der Waals surface area contributed by atoms with E-state index < -0.39 is 5.97 Å². The highest BCUT2D eigenvalue weighted by molar-refractivity contribution is 5.88. The van der Waals surface area contributed by atoms with Crippen molar-refractivity contribution in [2.75, 3.05) is 26.3 Å². The van der Waals surface area contributed by atoms with Gasteiger partial charge in [-0.05, 0) is 49.2 Å². The number of pyridine rings is 1. The predicted octanol–water partition coefficient (Wildman–Crippen LogP) is 2.89. The minimum Gasteiger partial charge on any atom is -0.475 e. The van der Waals surface area contributed by atoms with Crippen LogP contribution in [0.5, 0.6) is 5.88 Å². The zero-order chi connectivity index (χ0) is 20.8. The topological polar surface area (TPSA) is 109 Å². The van der Waals surface area contributed by atoms with E-state index in [0.29, 0.717) is 12.1 Å². The van der Waals surface area contributed by atoms with Crippen molar-refractivity contribution in [3.63, 3.8) is 0 Å². The van der Waals surface area contributed by atoms with Crippen LogP contribution in [0.15, 0.2) is 48.7 Å². The van der Waals surface area contributed by atoms with Crippen molar-refractivity contribution in [2.45, 2.75) is 18.9 Å². The van der Waals surface area contributed by atoms with Crippen LogP contribution >= 0.6 is 0 Å². The number of para-hydroxylation sites is 2. The quantitative estimate of drug-likeness (QED) is 0.609. The minimum absolute atomic E-state index is 0.0174. The number of nitrogens with zero attached hydrogens (tertiary/aromatic N) is 2. The number of aromatic nitrogens is 3. The first-order valence-electron chi connectivity index (χ1n) is 9.98. The number of aromatic amines is 1. The summed E-state index contributed by atoms with van der Waals surface area (Å²) in [7, 11) is 0. The zero-order valence-corrected chi connectivity index (χ0v) is 16.5. The molecule has 1 atom stereocenters. The fourth-order valence-corrected chi connectivity index (χ4v) is 3.44. The van der Waals surface area contributed by atoms with Crippen LogP contribution in [0.2, 0.25) is 0 Å². The second-order valence-corrected chi connectivity index (χ2v) is 7.05. The van der Waals surface area contributed by atoms with E-state index in [1.807, 2.05) is 18.2 Å². The summed E-state index contributed by atoms with van der Waals surface area (Å²) in [6, 6.07) is 11.2. The first-order chi connectivity index (χ1) is 14.7. The number of rotatable bonds is 4. The van der Waals surface area contributed by atoms with Gasteiger partial charge in [-0.25, -0.2) is 14.8 Å². The Labute approximate surface area is 174 Å². The van der Waals surface area contributed by atoms with Crippen LogP contribution in [0, 0.1) is 0 Å². The summed E-state index contributed by atoms with van der Waals surface area (Å²) in [6.45, 7) is 3.42. The smallest absolute Gasteiger partial charge is 0.371 e. The lowest BCUT2D eigenvalue weighted by atomic mass is 10.0. The molecule has 0 aliphatic carbocycles. The van der Waals surface area contributed by atoms with E-state index in [9.17, 15) is 4.79 Å². The highest BCUT2D eigenvalue weighted by Gasteiger charge is 2.19. The lowest BCUT2D eigenvalue weighted by molar-refractivity contribution is 0.0685. The maximum atomic E-state index is 10.5. The second-order valence-electron chi connectivity index (χ2n) is 7.05. The van der Waals surface area contributed by atoms with Gasteiger partial charge in [0, 0.05) is 18.3 Å². The SMILES string of the molecule is C1=C(c2cccnc2O[C@@H]2CCNC2)CCOC1.O=C(O)c1nc2ccccc2[nH]1. The van der Waals surface area contributed by atoms with E-state index in [0.717, 1.165) is 49.5 Å². The van der Waals surface area contributed by atoms with Crippen molar-refractivity contribution in [3.8, 4) is 5.88 Å². The molecule has 156 valence electrons. The number of carboxylic acids is 1. The van der Waals surface area contributed by atoms with Crippen LogP contribution in [0.3, 0.4) is 0 Å². The molecular weight excluding hydrogens is 384 g/mol. The summed E-state index contributed by atoms with van der Waals surface area (Å²) in [5.74, 6) is -0.290. The first-order valence-corrected chi connectivity index (χ1v) is 9.98. The molecule has 2 aromatic heterocycles. The summed E-state index contributed by atoms with van der Waals surface area (Å²) in [5, 5.41) is 11.9. The van der Waals surface area contributed by atoms with Gasteiger partial charge in [0.1, 0.15) is 6.10 Å². The summed E-state index contributed by atoms with van der Waals surface area (Å²) < 4.78 is 11.4. The number of carbonyl (C=O) groups is 1. The van der Waals surface area contributed by atoms with Crippen LogP contribution < -0.4 is 10.1 Å². The Kier molecular flexibility index (Phi) is 6.36. The Morgan fingerprint density at radius 2 is 2.13 bits per heavy atom. The van der Waals surface area contributed by atoms with Crippen molar-refractivity contribution >= 4 is 22.6 Å². The molecule has 3 aromatic rings. The molecule has 1 saturated heterocycles. The number of aromatic carboxylic acids is 1. The Balaban J connectivity index is 0.000000158. The van der Waals surface area contributed by atoms with Crippen LogP contribution in [0.4, 0.5) is 0 Å². The predicted molar refractivity (Wildman–Crippen MR) is 113 cm³/mol. The molecular formula is C22H24N4O4. The molecule has 1 fully saturated rings. The average Bonchev–Trinajstić information content (AvgIpc) is 3.45. The molecule has 8 heteroatoms. The van der Waals surface area contributed by atoms with Gasteiger partial charge in [-0.2, -0.15) is 0 Å². The molecule has 0 bridgehead atoms. The Hall–Kier alpha value is -3.23. The maximum Gasteiger partial charge on any atom is 0.371 e. The average molecular weight is 408 g/mol. The van der Waals surface area contributed by atoms with Gasteiger partial charge in [-0.1, -0.05) is 18.2 Å². The van der Waals surface area contributed by atoms with Gasteiger partial charge in [0.25, 0.3) is 0 Å². The third-order valence-corrected chi connectivity index (χ3v) is 4.97. The third-order valence-electron chi connectivity index (χ3n) is 4.97. The molecule has 5 rings (SSSR count). The van der Waals surface area contributed by atoms with E-state index >= 15 is 0 Å². The number of fused-ring (bicyclic) bond motifs is 1. The van der Waals surface area contributed by atoms with Gasteiger partial charge >= 0.3 is 5.97 Å². The van der Waals surface area contributed by atoms with Crippen LogP contribution in [0.25, 0.3) is 16.6 Å². The molecule has 4 heterocycles. The highest BCUT2D eigenvalue weighted by Crippen LogP contribution is 2.29. The molecule has 30 heavy (non-hydrogen) atoms. The molecule has 1 aromatic carbocycles. The van der Waals surface area contributed by atoms with Gasteiger partial charge in [-0.15, -0.1) is 0 Å². The summed E-state index contributed by atoms with van der Waals surface area (Å²) in [6.07, 6.45) is 6.16. The summed E-state index contributed by atoms with van der Waals surface area (Å²) in [5.41, 5.74) is 3.83. The Morgan fingerprint density at radius 1 is 1.23 bits per heavy atom. The third kappa shape index (κ3) is 4.84. The molecule has 0 saturated carbocycles. The number of carboxylic acid groups (broad SMARTS) is 1. The minimum atomic E-state index is -1.04. The van der Waals surface area contributed by atoms with Crippen molar-refractivity contribution in [1.82, 2.24) is 20.3 Å². The van der Waals surface area contributed by atoms with E-state index in [1.165, 1.54) is 5.57 Å². The molecule has 2 aliphatic rings. The molecule has 2 aliphatic heterocycles. The van der Waals surface area contributed by atoms with Gasteiger partial charge in [-0.3, -0.25) is 0 Å². The lowest BCUT2D eigenvalue weighted by Gasteiger charge is -2.18. The highest BCUT2D eigenvalue weighted by atomic mass is 16.5. The van der Waals surface area contributed by atoms with Gasteiger partial charge in [0.15, 0.2) is 0 Å². The standard InChI is InChI=1S/C14H18N2O2.C8H6N2O2/c1-2-13(11-4-8-17-9-5-11)14(16-6-1)18-12-3-7-15-10-12;11-8(12)7-9-5-3-1-2-4-6(5)10-7/h1-2,4,6,12,15H,3,5,7-10H2;1-4H,(H,9,10)(H,11,12)/t12-;/m1./s1. The van der Waals surface area contributed by atoms with Gasteiger partial charge in [0.2, 0.25) is 11.7 Å². The molecule has 0 unspecified atom stereocenters. The largest absolute Gasteiger partial charge is 0.475 e. The van der Waals surface area contributed by atoms with Gasteiger partial charge in [0.05, 0.1) is 24.2 Å². The van der Waals surface area contributed by atoms with Crippen molar-refractivity contribution in [2.24, 2.45) is 0 Å². The number of ether oxygens (including phenoxy) is 2. The molecule has 0 radical (unpaired) electrons. The first kappa shape index (κ1) is 20.1. The van der Waals surface area contributed by atoms with Crippen LogP contribution in [-0.2, 0) is 4.74 Å². The number of benzene rings is 1. The molecule has 3 N–H and O–H groups in total. The Morgan fingerprint density at radius 3 is 2.87 bits per heavy atom. The van der Waals surface area contributed by atoms with Crippen molar-refractivity contribution in [3.05, 3.63) is 60.1 Å². The molecule has 0 amide bonds. The maximum absolute atomic E-state index is 10.5. The van der Waals surface area contributed by atoms with Crippen molar-refractivity contribution < 1.29 is 19.4 Å². The second kappa shape index (κ2) is 9.51. The monoisotopic (exact) mass is 408 g/mol. The fraction of sp³-hybridized carbons (Fsp3) is 0.318. The summed E-state index contributed by atoms with van der Waals surface area (Å²) in [4.78, 5) is 21.4. The van der Waals surface area contributed by atoms with Crippen LogP contribution in [0.1, 0.15) is 29.0 Å². The molecule has 0 spiro atoms. The van der Waals surface area contributed by atoms with Gasteiger partial charge < -0.3 is 24.9 Å². The summed E-state index contributed by atoms with van der Waals surface area (Å²) >= 11 is 0. The van der Waals surface area contributed by atoms with Crippen molar-refractivity contribution in [1.29, 1.82) is 0 Å². The molecule has 8 nitrogen and oxygen atoms in total. The Bertz CT molecular complexity index is 1010. The van der Waals surface area contributed by atoms with E-state index in [1.54, 1.807) is 18.3 Å². The fourth-order valence-electron chi connectivity index (χ4n) is 3.44. The number of hydrogen-bond acceptors (Lipinski definition) is 6. The normalized spacial score (nSPS) is 18.4. The number of H-pyrrole nitrogens is 1.